The molecule has 0 aliphatic carbocycles. The van der Waals surface area contributed by atoms with Gasteiger partial charge in [-0.3, -0.25) is 0 Å². The van der Waals surface area contributed by atoms with E-state index in [0.29, 0.717) is 64.9 Å². The van der Waals surface area contributed by atoms with Crippen molar-refractivity contribution in [1.29, 1.82) is 0 Å². The number of para-hydroxylation sites is 2. The number of halogens is 7. The molecule has 12 nitrogen and oxygen atoms in total. The molecule has 3 aromatic heterocycles. The number of fused-ring (bicyclic) bond motifs is 3. The van der Waals surface area contributed by atoms with Crippen LogP contribution < -0.4 is 30.2 Å². The summed E-state index contributed by atoms with van der Waals surface area (Å²) in [5.41, 5.74) is 5.38. The Bertz CT molecular complexity index is 3390. The van der Waals surface area contributed by atoms with Gasteiger partial charge in [-0.1, -0.05) is 93.3 Å². The normalized spacial score (nSPS) is 11.2. The van der Waals surface area contributed by atoms with Gasteiger partial charge in [-0.25, -0.2) is 8.78 Å². The van der Waals surface area contributed by atoms with Gasteiger partial charge in [-0.05, 0) is 109 Å². The Hall–Kier alpha value is -8.74. The van der Waals surface area contributed by atoms with E-state index in [1.807, 2.05) is 18.2 Å². The van der Waals surface area contributed by atoms with Crippen molar-refractivity contribution in [2.24, 2.45) is 0 Å². The first-order valence-electron chi connectivity index (χ1n) is 22.0. The first-order valence-corrected chi connectivity index (χ1v) is 22.0. The molecule has 7 aromatic carbocycles. The number of anilines is 3. The molecule has 0 fully saturated rings. The zero-order valence-corrected chi connectivity index (χ0v) is 38.5. The molecule has 0 bridgehead atoms. The number of nitrogens with one attached hydrogen (secondary N) is 3. The molecule has 0 aliphatic heterocycles. The summed E-state index contributed by atoms with van der Waals surface area (Å²) < 4.78 is 120. The smallest absolute Gasteiger partial charge is 0.416 e. The zero-order chi connectivity index (χ0) is 50.8. The van der Waals surface area contributed by atoms with Crippen LogP contribution in [-0.2, 0) is 25.8 Å². The van der Waals surface area contributed by atoms with Crippen LogP contribution in [0.3, 0.4) is 0 Å². The summed E-state index contributed by atoms with van der Waals surface area (Å²) in [5.74, 6) is 1.88. The molecule has 10 aromatic rings. The number of nitrogens with zero attached hydrogens (tertiary/aromatic N) is 3. The van der Waals surface area contributed by atoms with Gasteiger partial charge in [0.2, 0.25) is 11.2 Å². The summed E-state index contributed by atoms with van der Waals surface area (Å²) in [6, 6.07) is 39.0. The monoisotopic (exact) mass is 992 g/mol. The SMILES string of the molecule is COc1cccc2onc(NCc3ccc(OC(F)F)cc3)c12.Cc1cc(C)cc(CNc2noc3c(F)cccc23)c1.Fc1cccc2c(NCc3cccc(Oc4cccc(C(F)(F)F)c4)c3)noc12. The van der Waals surface area contributed by atoms with Gasteiger partial charge < -0.3 is 43.7 Å². The Morgan fingerprint density at radius 3 is 1.69 bits per heavy atom. The molecule has 0 aliphatic rings. The molecule has 0 atom stereocenters. The van der Waals surface area contributed by atoms with Crippen LogP contribution in [0.1, 0.15) is 33.4 Å². The zero-order valence-electron chi connectivity index (χ0n) is 38.5. The number of aryl methyl sites for hydroxylation is 2. The number of methoxy groups -OCH3 is 1. The van der Waals surface area contributed by atoms with E-state index in [-0.39, 0.29) is 22.7 Å². The molecule has 0 saturated heterocycles. The molecule has 0 amide bonds. The molecule has 0 radical (unpaired) electrons. The number of hydrogen-bond acceptors (Lipinski definition) is 12. The molecule has 3 N–H and O–H groups in total. The predicted octanol–water partition coefficient (Wildman–Crippen LogP) is 14.6. The van der Waals surface area contributed by atoms with E-state index in [1.54, 1.807) is 67.8 Å². The molecular formula is C53H43F7N6O6. The highest BCUT2D eigenvalue weighted by Gasteiger charge is 2.30. The summed E-state index contributed by atoms with van der Waals surface area (Å²) >= 11 is 0. The number of hydrogen-bond donors (Lipinski definition) is 3. The number of rotatable bonds is 14. The lowest BCUT2D eigenvalue weighted by molar-refractivity contribution is -0.137. The highest BCUT2D eigenvalue weighted by atomic mass is 19.4. The maximum absolute atomic E-state index is 13.7. The van der Waals surface area contributed by atoms with Crippen LogP contribution in [0.25, 0.3) is 32.9 Å². The fourth-order valence-corrected chi connectivity index (χ4v) is 7.47. The molecule has 370 valence electrons. The predicted molar refractivity (Wildman–Crippen MR) is 257 cm³/mol. The third-order valence-electron chi connectivity index (χ3n) is 10.7. The average molecular weight is 993 g/mol. The summed E-state index contributed by atoms with van der Waals surface area (Å²) in [7, 11) is 1.58. The van der Waals surface area contributed by atoms with Gasteiger partial charge in [-0.2, -0.15) is 22.0 Å². The number of alkyl halides is 5. The Morgan fingerprint density at radius 2 is 1.08 bits per heavy atom. The van der Waals surface area contributed by atoms with E-state index in [2.05, 4.69) is 68.2 Å². The summed E-state index contributed by atoms with van der Waals surface area (Å²) in [5, 5.41) is 23.0. The molecule has 10 rings (SSSR count). The minimum atomic E-state index is -4.44. The minimum Gasteiger partial charge on any atom is -0.496 e. The first-order chi connectivity index (χ1) is 34.7. The largest absolute Gasteiger partial charge is 0.496 e. The molecular weight excluding hydrogens is 950 g/mol. The summed E-state index contributed by atoms with van der Waals surface area (Å²) in [6.45, 7) is 2.72. The molecule has 0 unspecified atom stereocenters. The van der Waals surface area contributed by atoms with E-state index < -0.39 is 30.0 Å². The lowest BCUT2D eigenvalue weighted by atomic mass is 10.1. The van der Waals surface area contributed by atoms with Crippen LogP contribution in [0, 0.1) is 25.5 Å². The number of ether oxygens (including phenoxy) is 3. The van der Waals surface area contributed by atoms with Crippen LogP contribution in [0.15, 0.2) is 159 Å². The molecule has 72 heavy (non-hydrogen) atoms. The van der Waals surface area contributed by atoms with E-state index in [1.165, 1.54) is 47.5 Å². The van der Waals surface area contributed by atoms with Crippen molar-refractivity contribution in [2.75, 3.05) is 23.1 Å². The van der Waals surface area contributed by atoms with Crippen LogP contribution in [0.4, 0.5) is 48.2 Å². The Morgan fingerprint density at radius 1 is 0.542 bits per heavy atom. The van der Waals surface area contributed by atoms with Crippen molar-refractivity contribution in [2.45, 2.75) is 46.3 Å². The number of aromatic nitrogens is 3. The fraction of sp³-hybridized carbons (Fsp3) is 0.151. The second-order valence-corrected chi connectivity index (χ2v) is 16.0. The maximum atomic E-state index is 13.7. The molecule has 19 heteroatoms. The van der Waals surface area contributed by atoms with Gasteiger partial charge in [0, 0.05) is 19.6 Å². The second kappa shape index (κ2) is 22.3. The van der Waals surface area contributed by atoms with Crippen LogP contribution in [-0.4, -0.2) is 29.2 Å². The average Bonchev–Trinajstić information content (AvgIpc) is 4.11. The Labute approximate surface area is 406 Å². The first kappa shape index (κ1) is 49.7. The lowest BCUT2D eigenvalue weighted by Crippen LogP contribution is -2.04. The van der Waals surface area contributed by atoms with Gasteiger partial charge in [0.25, 0.3) is 0 Å². The third kappa shape index (κ3) is 12.5. The van der Waals surface area contributed by atoms with Crippen molar-refractivity contribution in [3.8, 4) is 23.0 Å². The molecule has 0 saturated carbocycles. The van der Waals surface area contributed by atoms with E-state index >= 15 is 0 Å². The Balaban J connectivity index is 0.000000147. The topological polar surface area (TPSA) is 142 Å². The second-order valence-electron chi connectivity index (χ2n) is 16.0. The van der Waals surface area contributed by atoms with Crippen LogP contribution in [0.5, 0.6) is 23.0 Å². The summed E-state index contributed by atoms with van der Waals surface area (Å²) in [6.07, 6.45) is -4.44. The highest BCUT2D eigenvalue weighted by Crippen LogP contribution is 2.34. The van der Waals surface area contributed by atoms with Crippen LogP contribution in [0.2, 0.25) is 0 Å². The van der Waals surface area contributed by atoms with Crippen LogP contribution >= 0.6 is 0 Å². The highest BCUT2D eigenvalue weighted by molar-refractivity contribution is 5.94. The lowest BCUT2D eigenvalue weighted by Gasteiger charge is -2.11. The fourth-order valence-electron chi connectivity index (χ4n) is 7.47. The van der Waals surface area contributed by atoms with Crippen molar-refractivity contribution in [3.63, 3.8) is 0 Å². The van der Waals surface area contributed by atoms with E-state index in [9.17, 15) is 30.7 Å². The van der Waals surface area contributed by atoms with Gasteiger partial charge in [-0.15, -0.1) is 0 Å². The van der Waals surface area contributed by atoms with E-state index in [4.69, 9.17) is 23.0 Å². The standard InChI is InChI=1S/C21H14F4N2O2.C16H14F2N2O3.C16H15FN2O/c22-18-9-3-8-17-19(18)29-27-20(17)26-12-13-4-1-6-15(10-13)28-16-7-2-5-14(11-16)21(23,24)25;1-21-12-3-2-4-13-14(12)15(20-23-13)19-9-10-5-7-11(8-6-10)22-16(17)18;1-10-6-11(2)8-12(7-10)9-18-16-13-4-3-5-14(17)15(13)20-19-16/h1-11H,12H2,(H,26,27);2-8,16H,9H2,1H3,(H,19,20);3-8H,9H2,1-2H3,(H,18,19). The van der Waals surface area contributed by atoms with Gasteiger partial charge >= 0.3 is 12.8 Å². The van der Waals surface area contributed by atoms with Crippen molar-refractivity contribution < 1.29 is 58.5 Å². The minimum absolute atomic E-state index is 0.0663. The van der Waals surface area contributed by atoms with Gasteiger partial charge in [0.05, 0.1) is 23.4 Å². The Kier molecular flexibility index (Phi) is 15.4. The quantitative estimate of drug-likeness (QED) is 0.0893. The molecule has 0 spiro atoms. The van der Waals surface area contributed by atoms with Crippen molar-refractivity contribution >= 4 is 50.4 Å². The third-order valence-corrected chi connectivity index (χ3v) is 10.7. The van der Waals surface area contributed by atoms with Gasteiger partial charge in [0.1, 0.15) is 28.4 Å². The molecule has 3 heterocycles. The maximum Gasteiger partial charge on any atom is 0.416 e. The van der Waals surface area contributed by atoms with E-state index in [0.717, 1.165) is 34.2 Å². The van der Waals surface area contributed by atoms with Gasteiger partial charge in [0.15, 0.2) is 34.7 Å². The number of benzene rings is 7. The van der Waals surface area contributed by atoms with Crippen molar-refractivity contribution in [1.82, 2.24) is 15.5 Å². The van der Waals surface area contributed by atoms with Crippen molar-refractivity contribution in [3.05, 3.63) is 191 Å². The summed E-state index contributed by atoms with van der Waals surface area (Å²) in [4.78, 5) is 0.